The Balaban J connectivity index is 1.25. The molecule has 6 rings (SSSR count). The van der Waals surface area contributed by atoms with Gasteiger partial charge < -0.3 is 20.7 Å². The third kappa shape index (κ3) is 4.98. The highest BCUT2D eigenvalue weighted by atomic mass is 32.1. The van der Waals surface area contributed by atoms with Crippen molar-refractivity contribution in [2.75, 3.05) is 23.8 Å². The number of ether oxygens (including phenoxy) is 1. The average molecular weight is 543 g/mol. The Hall–Kier alpha value is -3.48. The molecule has 0 aromatic carbocycles. The first kappa shape index (κ1) is 24.8. The molecular weight excluding hydrogens is 511 g/mol. The minimum atomic E-state index is -1.09. The van der Waals surface area contributed by atoms with E-state index < -0.39 is 12.1 Å². The number of rotatable bonds is 10. The van der Waals surface area contributed by atoms with Crippen LogP contribution in [0.3, 0.4) is 0 Å². The maximum Gasteiger partial charge on any atom is 0.254 e. The van der Waals surface area contributed by atoms with E-state index in [1.54, 1.807) is 17.1 Å². The molecule has 0 saturated heterocycles. The van der Waals surface area contributed by atoms with Gasteiger partial charge in [-0.3, -0.25) is 14.2 Å². The van der Waals surface area contributed by atoms with Crippen LogP contribution in [-0.4, -0.2) is 55.7 Å². The number of fused-ring (bicyclic) bond motifs is 1. The van der Waals surface area contributed by atoms with E-state index in [1.165, 1.54) is 11.3 Å². The highest BCUT2D eigenvalue weighted by Crippen LogP contribution is 2.43. The summed E-state index contributed by atoms with van der Waals surface area (Å²) < 4.78 is 22.7. The maximum atomic E-state index is 13.5. The predicted molar refractivity (Wildman–Crippen MR) is 140 cm³/mol. The second-order valence-electron chi connectivity index (χ2n) is 10.2. The van der Waals surface area contributed by atoms with Gasteiger partial charge in [-0.2, -0.15) is 0 Å². The van der Waals surface area contributed by atoms with Gasteiger partial charge in [0.05, 0.1) is 18.1 Å². The number of amides is 2. The normalized spacial score (nSPS) is 22.0. The minimum Gasteiger partial charge on any atom is -0.477 e. The zero-order chi connectivity index (χ0) is 26.4. The summed E-state index contributed by atoms with van der Waals surface area (Å²) in [5.41, 5.74) is 1.44. The lowest BCUT2D eigenvalue weighted by Crippen LogP contribution is -2.29. The van der Waals surface area contributed by atoms with Crippen molar-refractivity contribution in [1.29, 1.82) is 0 Å². The van der Waals surface area contributed by atoms with Crippen LogP contribution in [0.4, 0.5) is 21.2 Å². The summed E-state index contributed by atoms with van der Waals surface area (Å²) in [6, 6.07) is 1.81. The van der Waals surface area contributed by atoms with E-state index in [0.717, 1.165) is 36.1 Å². The number of nitrogens with one attached hydrogen (secondary N) is 3. The van der Waals surface area contributed by atoms with Crippen LogP contribution in [0.15, 0.2) is 12.4 Å². The first-order valence-corrected chi connectivity index (χ1v) is 13.9. The first-order chi connectivity index (χ1) is 18.4. The number of nitrogens with zero attached hydrogens (tertiary/aromatic N) is 5. The Morgan fingerprint density at radius 1 is 1.29 bits per heavy atom. The first-order valence-electron chi connectivity index (χ1n) is 13.1. The third-order valence-corrected chi connectivity index (χ3v) is 8.56. The van der Waals surface area contributed by atoms with Crippen molar-refractivity contribution in [2.45, 2.75) is 57.7 Å². The molecule has 3 aliphatic carbocycles. The highest BCUT2D eigenvalue weighted by molar-refractivity contribution is 7.17. The number of alkyl halides is 1. The summed E-state index contributed by atoms with van der Waals surface area (Å²) in [6.07, 6.45) is 5.25. The van der Waals surface area contributed by atoms with Crippen LogP contribution >= 0.6 is 11.3 Å². The molecule has 0 spiro atoms. The molecule has 3 atom stereocenters. The number of carbonyl (C=O) groups is 2. The molecule has 11 nitrogen and oxygen atoms in total. The highest BCUT2D eigenvalue weighted by Gasteiger charge is 2.44. The van der Waals surface area contributed by atoms with Gasteiger partial charge >= 0.3 is 0 Å². The molecular formula is C25H31FN8O3S. The lowest BCUT2D eigenvalue weighted by molar-refractivity contribution is -0.117. The minimum absolute atomic E-state index is 0.00591. The Kier molecular flexibility index (Phi) is 6.54. The van der Waals surface area contributed by atoms with Crippen LogP contribution in [0.1, 0.15) is 59.4 Å². The van der Waals surface area contributed by atoms with Gasteiger partial charge in [-0.05, 0) is 56.9 Å². The fraction of sp³-hybridized carbons (Fsp3) is 0.560. The van der Waals surface area contributed by atoms with Crippen LogP contribution < -0.4 is 20.7 Å². The number of hydrogen-bond acceptors (Lipinski definition) is 8. The van der Waals surface area contributed by atoms with E-state index in [2.05, 4.69) is 31.2 Å². The predicted octanol–water partition coefficient (Wildman–Crippen LogP) is 3.38. The summed E-state index contributed by atoms with van der Waals surface area (Å²) >= 11 is 1.43. The molecule has 0 aliphatic heterocycles. The topological polar surface area (TPSA) is 128 Å². The van der Waals surface area contributed by atoms with Gasteiger partial charge in [-0.25, -0.2) is 9.07 Å². The standard InChI is InChI=1S/C25H31FN8O3S/c1-3-37-20-10-19(33(2)32-20)29-25-31-28-12-34(25)14-6-7-18-16(8-14)21(23(36)27-11-13-4-5-13)24(38-18)30-22(35)15-9-17(15)26/h10,12-15,17H,3-9,11H2,1-2H3,(H,27,36)(H,29,31)(H,30,35)/t14-,15-,17-/m0/s1. The maximum absolute atomic E-state index is 13.5. The van der Waals surface area contributed by atoms with Crippen LogP contribution in [0, 0.1) is 11.8 Å². The molecule has 0 bridgehead atoms. The molecule has 2 amide bonds. The van der Waals surface area contributed by atoms with E-state index in [4.69, 9.17) is 4.74 Å². The fourth-order valence-corrected chi connectivity index (χ4v) is 6.15. The van der Waals surface area contributed by atoms with Crippen molar-refractivity contribution in [1.82, 2.24) is 29.9 Å². The SMILES string of the molecule is CCOc1cc(Nc2nncn2[C@H]2CCc3sc(NC(=O)[C@H]4C[C@@H]4F)c(C(=O)NCC4CC4)c3C2)n(C)n1. The van der Waals surface area contributed by atoms with E-state index in [0.29, 0.717) is 53.7 Å². The Morgan fingerprint density at radius 3 is 2.84 bits per heavy atom. The average Bonchev–Trinajstić information content (AvgIpc) is 3.73. The molecule has 3 aromatic heterocycles. The van der Waals surface area contributed by atoms with Crippen LogP contribution in [0.2, 0.25) is 0 Å². The van der Waals surface area contributed by atoms with Gasteiger partial charge in [0, 0.05) is 30.6 Å². The number of carbonyl (C=O) groups excluding carboxylic acids is 2. The molecule has 3 heterocycles. The molecule has 2 saturated carbocycles. The van der Waals surface area contributed by atoms with Gasteiger partial charge in [0.1, 0.15) is 23.3 Å². The summed E-state index contributed by atoms with van der Waals surface area (Å²) in [5, 5.41) is 22.5. The molecule has 0 unspecified atom stereocenters. The number of hydrogen-bond donors (Lipinski definition) is 3. The van der Waals surface area contributed by atoms with E-state index >= 15 is 0 Å². The summed E-state index contributed by atoms with van der Waals surface area (Å²) in [4.78, 5) is 27.0. The van der Waals surface area contributed by atoms with Crippen molar-refractivity contribution in [3.63, 3.8) is 0 Å². The van der Waals surface area contributed by atoms with Crippen LogP contribution in [0.25, 0.3) is 0 Å². The monoisotopic (exact) mass is 542 g/mol. The summed E-state index contributed by atoms with van der Waals surface area (Å²) in [7, 11) is 1.82. The Morgan fingerprint density at radius 2 is 2.11 bits per heavy atom. The number of anilines is 3. The lowest BCUT2D eigenvalue weighted by Gasteiger charge is -2.25. The van der Waals surface area contributed by atoms with E-state index in [1.807, 2.05) is 18.5 Å². The zero-order valence-electron chi connectivity index (χ0n) is 21.4. The molecule has 3 aromatic rings. The fourth-order valence-electron chi connectivity index (χ4n) is 4.91. The number of thiophene rings is 1. The quantitative estimate of drug-likeness (QED) is 0.358. The van der Waals surface area contributed by atoms with E-state index in [-0.39, 0.29) is 24.3 Å². The van der Waals surface area contributed by atoms with Crippen LogP contribution in [-0.2, 0) is 24.7 Å². The van der Waals surface area contributed by atoms with E-state index in [9.17, 15) is 14.0 Å². The third-order valence-electron chi connectivity index (χ3n) is 7.35. The summed E-state index contributed by atoms with van der Waals surface area (Å²) in [5.74, 6) is 1.17. The van der Waals surface area contributed by atoms with Gasteiger partial charge in [0.2, 0.25) is 17.7 Å². The van der Waals surface area contributed by atoms with Crippen molar-refractivity contribution in [3.8, 4) is 5.88 Å². The molecule has 38 heavy (non-hydrogen) atoms. The molecule has 202 valence electrons. The van der Waals surface area contributed by atoms with Gasteiger partial charge in [0.25, 0.3) is 5.91 Å². The van der Waals surface area contributed by atoms with Gasteiger partial charge in [0.15, 0.2) is 0 Å². The number of halogens is 1. The van der Waals surface area contributed by atoms with Crippen molar-refractivity contribution in [2.24, 2.45) is 18.9 Å². The Bertz CT molecular complexity index is 1360. The largest absolute Gasteiger partial charge is 0.477 e. The zero-order valence-corrected chi connectivity index (χ0v) is 22.2. The molecule has 2 fully saturated rings. The van der Waals surface area contributed by atoms with Crippen LogP contribution in [0.5, 0.6) is 5.88 Å². The molecule has 3 aliphatic rings. The van der Waals surface area contributed by atoms with Crippen molar-refractivity contribution in [3.05, 3.63) is 28.4 Å². The van der Waals surface area contributed by atoms with Gasteiger partial charge in [-0.1, -0.05) is 0 Å². The molecule has 13 heteroatoms. The lowest BCUT2D eigenvalue weighted by atomic mass is 9.91. The second kappa shape index (κ2) is 10.0. The second-order valence-corrected chi connectivity index (χ2v) is 11.3. The Labute approximate surface area is 223 Å². The van der Waals surface area contributed by atoms with Crippen molar-refractivity contribution < 1.29 is 18.7 Å². The smallest absolute Gasteiger partial charge is 0.254 e. The number of aryl methyl sites for hydroxylation is 2. The number of aromatic nitrogens is 5. The van der Waals surface area contributed by atoms with Gasteiger partial charge in [-0.15, -0.1) is 26.6 Å². The van der Waals surface area contributed by atoms with Crippen molar-refractivity contribution >= 4 is 39.9 Å². The molecule has 3 N–H and O–H groups in total. The molecule has 0 radical (unpaired) electrons. The summed E-state index contributed by atoms with van der Waals surface area (Å²) in [6.45, 7) is 3.05.